The molecule has 1 N–H and O–H groups in total. The predicted octanol–water partition coefficient (Wildman–Crippen LogP) is 3.07. The standard InChI is InChI=1S/C13H16O2/c14-13(15)12-9-5-4-8-11(12)10-6-2-1-3-7-10/h4-5,8-9,12H,1-3,6-7H2,(H,14,15). The number of allylic oxidation sites excluding steroid dienone is 4. The first-order valence-corrected chi connectivity index (χ1v) is 5.58. The number of aliphatic carboxylic acids is 1. The SMILES string of the molecule is O=C(O)C1C=CC=CC1=C1CCCCC1. The Morgan fingerprint density at radius 3 is 2.60 bits per heavy atom. The van der Waals surface area contributed by atoms with Crippen LogP contribution < -0.4 is 0 Å². The van der Waals surface area contributed by atoms with Gasteiger partial charge in [-0.3, -0.25) is 4.79 Å². The van der Waals surface area contributed by atoms with Crippen molar-refractivity contribution >= 4 is 5.97 Å². The minimum absolute atomic E-state index is 0.414. The maximum atomic E-state index is 11.1. The van der Waals surface area contributed by atoms with Gasteiger partial charge in [0.15, 0.2) is 0 Å². The highest BCUT2D eigenvalue weighted by atomic mass is 16.4. The molecule has 0 aromatic rings. The second-order valence-corrected chi connectivity index (χ2v) is 4.18. The second kappa shape index (κ2) is 4.47. The molecule has 0 heterocycles. The van der Waals surface area contributed by atoms with Gasteiger partial charge in [-0.1, -0.05) is 36.3 Å². The average Bonchev–Trinajstić information content (AvgIpc) is 2.30. The molecular weight excluding hydrogens is 188 g/mol. The highest BCUT2D eigenvalue weighted by molar-refractivity contribution is 5.78. The van der Waals surface area contributed by atoms with E-state index in [-0.39, 0.29) is 0 Å². The van der Waals surface area contributed by atoms with Crippen LogP contribution in [0.15, 0.2) is 35.5 Å². The van der Waals surface area contributed by atoms with Gasteiger partial charge in [0.1, 0.15) is 0 Å². The molecule has 1 atom stereocenters. The quantitative estimate of drug-likeness (QED) is 0.712. The van der Waals surface area contributed by atoms with Crippen molar-refractivity contribution in [2.45, 2.75) is 32.1 Å². The lowest BCUT2D eigenvalue weighted by molar-refractivity contribution is -0.138. The summed E-state index contributed by atoms with van der Waals surface area (Å²) >= 11 is 0. The topological polar surface area (TPSA) is 37.3 Å². The first-order chi connectivity index (χ1) is 7.29. The lowest BCUT2D eigenvalue weighted by Gasteiger charge is -2.21. The molecule has 0 aromatic heterocycles. The average molecular weight is 204 g/mol. The Hall–Kier alpha value is -1.31. The fourth-order valence-electron chi connectivity index (χ4n) is 2.36. The molecule has 1 unspecified atom stereocenters. The molecule has 0 aromatic carbocycles. The van der Waals surface area contributed by atoms with Crippen molar-refractivity contribution in [1.29, 1.82) is 0 Å². The maximum absolute atomic E-state index is 11.1. The van der Waals surface area contributed by atoms with Crippen LogP contribution in [0, 0.1) is 5.92 Å². The van der Waals surface area contributed by atoms with Crippen molar-refractivity contribution in [1.82, 2.24) is 0 Å². The molecule has 0 radical (unpaired) electrons. The van der Waals surface area contributed by atoms with Crippen molar-refractivity contribution in [2.75, 3.05) is 0 Å². The van der Waals surface area contributed by atoms with Crippen molar-refractivity contribution in [3.63, 3.8) is 0 Å². The van der Waals surface area contributed by atoms with E-state index in [1.165, 1.54) is 24.8 Å². The molecule has 0 bridgehead atoms. The van der Waals surface area contributed by atoms with E-state index < -0.39 is 11.9 Å². The maximum Gasteiger partial charge on any atom is 0.314 e. The van der Waals surface area contributed by atoms with Crippen molar-refractivity contribution < 1.29 is 9.90 Å². The van der Waals surface area contributed by atoms with Crippen molar-refractivity contribution in [2.24, 2.45) is 5.92 Å². The van der Waals surface area contributed by atoms with Gasteiger partial charge < -0.3 is 5.11 Å². The molecule has 80 valence electrons. The molecule has 2 nitrogen and oxygen atoms in total. The summed E-state index contributed by atoms with van der Waals surface area (Å²) in [6, 6.07) is 0. The molecule has 2 rings (SSSR count). The minimum Gasteiger partial charge on any atom is -0.481 e. The van der Waals surface area contributed by atoms with Crippen LogP contribution in [0.1, 0.15) is 32.1 Å². The second-order valence-electron chi connectivity index (χ2n) is 4.18. The van der Waals surface area contributed by atoms with E-state index in [1.54, 1.807) is 6.08 Å². The number of carboxylic acid groups (broad SMARTS) is 1. The Kier molecular flexibility index (Phi) is 3.05. The fourth-order valence-corrected chi connectivity index (χ4v) is 2.36. The molecule has 2 aliphatic carbocycles. The van der Waals surface area contributed by atoms with E-state index in [9.17, 15) is 4.79 Å². The summed E-state index contributed by atoms with van der Waals surface area (Å²) in [4.78, 5) is 11.1. The normalized spacial score (nSPS) is 25.7. The molecule has 2 heteroatoms. The van der Waals surface area contributed by atoms with E-state index in [4.69, 9.17) is 5.11 Å². The van der Waals surface area contributed by atoms with Gasteiger partial charge in [0.25, 0.3) is 0 Å². The van der Waals surface area contributed by atoms with Gasteiger partial charge in [-0.05, 0) is 31.3 Å². The van der Waals surface area contributed by atoms with Crippen LogP contribution in [-0.2, 0) is 4.79 Å². The van der Waals surface area contributed by atoms with Crippen LogP contribution in [0.4, 0.5) is 0 Å². The van der Waals surface area contributed by atoms with Crippen molar-refractivity contribution in [3.8, 4) is 0 Å². The van der Waals surface area contributed by atoms with Crippen molar-refractivity contribution in [3.05, 3.63) is 35.5 Å². The monoisotopic (exact) mass is 204 g/mol. The fraction of sp³-hybridized carbons (Fsp3) is 0.462. The largest absolute Gasteiger partial charge is 0.481 e. The number of rotatable bonds is 1. The van der Waals surface area contributed by atoms with E-state index in [2.05, 4.69) is 0 Å². The summed E-state index contributed by atoms with van der Waals surface area (Å²) in [6.07, 6.45) is 13.4. The number of carbonyl (C=O) groups is 1. The Morgan fingerprint density at radius 2 is 1.93 bits per heavy atom. The van der Waals surface area contributed by atoms with E-state index in [1.807, 2.05) is 18.2 Å². The zero-order chi connectivity index (χ0) is 10.7. The Balaban J connectivity index is 2.28. The summed E-state index contributed by atoms with van der Waals surface area (Å²) in [6.45, 7) is 0. The van der Waals surface area contributed by atoms with E-state index in [0.717, 1.165) is 18.4 Å². The zero-order valence-corrected chi connectivity index (χ0v) is 8.78. The third-order valence-corrected chi connectivity index (χ3v) is 3.16. The summed E-state index contributed by atoms with van der Waals surface area (Å²) in [7, 11) is 0. The Morgan fingerprint density at radius 1 is 1.20 bits per heavy atom. The Labute approximate surface area is 90.0 Å². The molecule has 0 saturated heterocycles. The summed E-state index contributed by atoms with van der Waals surface area (Å²) in [5.41, 5.74) is 2.39. The molecule has 1 fully saturated rings. The molecule has 0 spiro atoms. The van der Waals surface area contributed by atoms with Gasteiger partial charge in [-0.15, -0.1) is 0 Å². The van der Waals surface area contributed by atoms with Crippen LogP contribution in [0.25, 0.3) is 0 Å². The molecule has 15 heavy (non-hydrogen) atoms. The molecule has 2 aliphatic rings. The summed E-state index contributed by atoms with van der Waals surface area (Å²) < 4.78 is 0. The van der Waals surface area contributed by atoms with Crippen LogP contribution in [0.2, 0.25) is 0 Å². The third-order valence-electron chi connectivity index (χ3n) is 3.16. The first kappa shape index (κ1) is 10.2. The molecule has 0 amide bonds. The first-order valence-electron chi connectivity index (χ1n) is 5.58. The lowest BCUT2D eigenvalue weighted by atomic mass is 9.84. The summed E-state index contributed by atoms with van der Waals surface area (Å²) in [5.74, 6) is -1.15. The van der Waals surface area contributed by atoms with Crippen LogP contribution in [-0.4, -0.2) is 11.1 Å². The van der Waals surface area contributed by atoms with Gasteiger partial charge in [0.05, 0.1) is 5.92 Å². The number of hydrogen-bond acceptors (Lipinski definition) is 1. The highest BCUT2D eigenvalue weighted by Gasteiger charge is 2.22. The molecular formula is C13H16O2. The van der Waals surface area contributed by atoms with Crippen LogP contribution in [0.3, 0.4) is 0 Å². The van der Waals surface area contributed by atoms with Gasteiger partial charge in [0, 0.05) is 0 Å². The van der Waals surface area contributed by atoms with Gasteiger partial charge in [-0.25, -0.2) is 0 Å². The van der Waals surface area contributed by atoms with Gasteiger partial charge in [-0.2, -0.15) is 0 Å². The Bertz CT molecular complexity index is 340. The van der Waals surface area contributed by atoms with Gasteiger partial charge in [0.2, 0.25) is 0 Å². The number of carboxylic acids is 1. The lowest BCUT2D eigenvalue weighted by Crippen LogP contribution is -2.16. The van der Waals surface area contributed by atoms with Crippen LogP contribution >= 0.6 is 0 Å². The minimum atomic E-state index is -0.733. The molecule has 0 aliphatic heterocycles. The smallest absolute Gasteiger partial charge is 0.314 e. The predicted molar refractivity (Wildman–Crippen MR) is 59.5 cm³/mol. The van der Waals surface area contributed by atoms with E-state index >= 15 is 0 Å². The molecule has 1 saturated carbocycles. The highest BCUT2D eigenvalue weighted by Crippen LogP contribution is 2.31. The van der Waals surface area contributed by atoms with Gasteiger partial charge >= 0.3 is 5.97 Å². The van der Waals surface area contributed by atoms with Crippen LogP contribution in [0.5, 0.6) is 0 Å². The van der Waals surface area contributed by atoms with E-state index in [0.29, 0.717) is 0 Å². The zero-order valence-electron chi connectivity index (χ0n) is 8.78. The summed E-state index contributed by atoms with van der Waals surface area (Å²) in [5, 5.41) is 9.12. The third kappa shape index (κ3) is 2.20. The number of hydrogen-bond donors (Lipinski definition) is 1.